The molecule has 0 fully saturated rings. The van der Waals surface area contributed by atoms with Crippen molar-refractivity contribution in [3.05, 3.63) is 51.6 Å². The van der Waals surface area contributed by atoms with Crippen molar-refractivity contribution in [1.82, 2.24) is 0 Å². The van der Waals surface area contributed by atoms with E-state index in [-0.39, 0.29) is 4.90 Å². The average molecular weight is 416 g/mol. The Morgan fingerprint density at radius 2 is 1.71 bits per heavy atom. The SMILES string of the molecule is COC(=O)c1ccc(I)c(-c2ccc(S(C)(=O)=O)cc2)c1. The number of sulfone groups is 1. The second kappa shape index (κ2) is 6.15. The predicted octanol–water partition coefficient (Wildman–Crippen LogP) is 3.15. The fourth-order valence-corrected chi connectivity index (χ4v) is 3.15. The normalized spacial score (nSPS) is 11.2. The highest BCUT2D eigenvalue weighted by Gasteiger charge is 2.11. The molecule has 21 heavy (non-hydrogen) atoms. The molecule has 0 saturated heterocycles. The molecule has 0 aliphatic carbocycles. The summed E-state index contributed by atoms with van der Waals surface area (Å²) in [7, 11) is -1.88. The van der Waals surface area contributed by atoms with E-state index in [1.165, 1.54) is 13.4 Å². The maximum atomic E-state index is 11.6. The highest BCUT2D eigenvalue weighted by Crippen LogP contribution is 2.27. The summed E-state index contributed by atoms with van der Waals surface area (Å²) in [6, 6.07) is 11.8. The van der Waals surface area contributed by atoms with Gasteiger partial charge in [-0.1, -0.05) is 12.1 Å². The van der Waals surface area contributed by atoms with Crippen LogP contribution in [-0.4, -0.2) is 27.8 Å². The van der Waals surface area contributed by atoms with Crippen molar-refractivity contribution < 1.29 is 17.9 Å². The number of methoxy groups -OCH3 is 1. The molecular weight excluding hydrogens is 403 g/mol. The van der Waals surface area contributed by atoms with E-state index in [9.17, 15) is 13.2 Å². The van der Waals surface area contributed by atoms with Gasteiger partial charge >= 0.3 is 5.97 Å². The van der Waals surface area contributed by atoms with Gasteiger partial charge in [0.2, 0.25) is 0 Å². The van der Waals surface area contributed by atoms with Gasteiger partial charge in [-0.05, 0) is 64.0 Å². The molecule has 6 heteroatoms. The van der Waals surface area contributed by atoms with E-state index in [0.29, 0.717) is 5.56 Å². The third-order valence-electron chi connectivity index (χ3n) is 2.98. The first kappa shape index (κ1) is 16.0. The van der Waals surface area contributed by atoms with Crippen molar-refractivity contribution in [3.8, 4) is 11.1 Å². The molecule has 0 amide bonds. The number of hydrogen-bond acceptors (Lipinski definition) is 4. The zero-order valence-corrected chi connectivity index (χ0v) is 14.4. The Labute approximate surface area is 137 Å². The summed E-state index contributed by atoms with van der Waals surface area (Å²) >= 11 is 2.17. The lowest BCUT2D eigenvalue weighted by Crippen LogP contribution is -2.02. The standard InChI is InChI=1S/C15H13IO4S/c1-20-15(17)11-5-8-14(16)13(9-11)10-3-6-12(7-4-10)21(2,18)19/h3-9H,1-2H3. The van der Waals surface area contributed by atoms with E-state index < -0.39 is 15.8 Å². The van der Waals surface area contributed by atoms with Crippen LogP contribution < -0.4 is 0 Å². The Bertz CT molecular complexity index is 780. The van der Waals surface area contributed by atoms with Crippen molar-refractivity contribution in [3.63, 3.8) is 0 Å². The molecule has 2 rings (SSSR count). The van der Waals surface area contributed by atoms with E-state index in [4.69, 9.17) is 4.74 Å². The number of halogens is 1. The Balaban J connectivity index is 2.49. The number of ether oxygens (including phenoxy) is 1. The first-order valence-electron chi connectivity index (χ1n) is 6.01. The molecule has 2 aromatic rings. The lowest BCUT2D eigenvalue weighted by atomic mass is 10.0. The molecule has 2 aromatic carbocycles. The van der Waals surface area contributed by atoms with Gasteiger partial charge in [-0.3, -0.25) is 0 Å². The molecule has 4 nitrogen and oxygen atoms in total. The van der Waals surface area contributed by atoms with Crippen LogP contribution in [0.3, 0.4) is 0 Å². The number of esters is 1. The summed E-state index contributed by atoms with van der Waals surface area (Å²) in [6.07, 6.45) is 1.17. The molecule has 0 spiro atoms. The van der Waals surface area contributed by atoms with Crippen LogP contribution in [0.1, 0.15) is 10.4 Å². The lowest BCUT2D eigenvalue weighted by Gasteiger charge is -2.08. The predicted molar refractivity (Wildman–Crippen MR) is 89.0 cm³/mol. The molecular formula is C15H13IO4S. The van der Waals surface area contributed by atoms with Crippen molar-refractivity contribution in [2.75, 3.05) is 13.4 Å². The Morgan fingerprint density at radius 1 is 1.10 bits per heavy atom. The maximum absolute atomic E-state index is 11.6. The minimum absolute atomic E-state index is 0.269. The zero-order valence-electron chi connectivity index (χ0n) is 11.5. The number of rotatable bonds is 3. The molecule has 0 aliphatic rings. The summed E-state index contributed by atoms with van der Waals surface area (Å²) in [4.78, 5) is 11.9. The molecule has 0 radical (unpaired) electrons. The van der Waals surface area contributed by atoms with Gasteiger partial charge in [0.15, 0.2) is 9.84 Å². The Kier molecular flexibility index (Phi) is 4.67. The third-order valence-corrected chi connectivity index (χ3v) is 5.05. The van der Waals surface area contributed by atoms with Gasteiger partial charge < -0.3 is 4.74 Å². The molecule has 0 atom stereocenters. The first-order chi connectivity index (χ1) is 9.82. The molecule has 0 saturated carbocycles. The van der Waals surface area contributed by atoms with Gasteiger partial charge in [-0.15, -0.1) is 0 Å². The van der Waals surface area contributed by atoms with Gasteiger partial charge in [-0.2, -0.15) is 0 Å². The van der Waals surface area contributed by atoms with Gasteiger partial charge in [0.25, 0.3) is 0 Å². The fourth-order valence-electron chi connectivity index (χ4n) is 1.87. The van der Waals surface area contributed by atoms with Crippen LogP contribution in [-0.2, 0) is 14.6 Å². The van der Waals surface area contributed by atoms with Crippen molar-refractivity contribution >= 4 is 38.4 Å². The van der Waals surface area contributed by atoms with E-state index in [1.54, 1.807) is 36.4 Å². The molecule has 0 heterocycles. The highest BCUT2D eigenvalue weighted by molar-refractivity contribution is 14.1. The highest BCUT2D eigenvalue weighted by atomic mass is 127. The van der Waals surface area contributed by atoms with Crippen LogP contribution in [0.4, 0.5) is 0 Å². The van der Waals surface area contributed by atoms with Crippen LogP contribution in [0.25, 0.3) is 11.1 Å². The summed E-state index contributed by atoms with van der Waals surface area (Å²) in [5.74, 6) is -0.402. The summed E-state index contributed by atoms with van der Waals surface area (Å²) in [5.41, 5.74) is 2.16. The summed E-state index contributed by atoms with van der Waals surface area (Å²) in [5, 5.41) is 0. The molecule has 0 unspecified atom stereocenters. The van der Waals surface area contributed by atoms with Crippen LogP contribution in [0, 0.1) is 3.57 Å². The minimum atomic E-state index is -3.21. The Hall–Kier alpha value is -1.41. The second-order valence-corrected chi connectivity index (χ2v) is 7.66. The van der Waals surface area contributed by atoms with Crippen LogP contribution in [0.15, 0.2) is 47.4 Å². The molecule has 0 N–H and O–H groups in total. The largest absolute Gasteiger partial charge is 0.465 e. The van der Waals surface area contributed by atoms with Crippen molar-refractivity contribution in [2.24, 2.45) is 0 Å². The quantitative estimate of drug-likeness (QED) is 0.570. The molecule has 110 valence electrons. The molecule has 0 aromatic heterocycles. The average Bonchev–Trinajstić information content (AvgIpc) is 2.46. The van der Waals surface area contributed by atoms with Gasteiger partial charge in [0, 0.05) is 9.83 Å². The van der Waals surface area contributed by atoms with E-state index in [2.05, 4.69) is 22.6 Å². The minimum Gasteiger partial charge on any atom is -0.465 e. The smallest absolute Gasteiger partial charge is 0.337 e. The zero-order chi connectivity index (χ0) is 15.6. The van der Waals surface area contributed by atoms with Gasteiger partial charge in [-0.25, -0.2) is 13.2 Å². The number of carbonyl (C=O) groups is 1. The van der Waals surface area contributed by atoms with Crippen LogP contribution in [0.5, 0.6) is 0 Å². The maximum Gasteiger partial charge on any atom is 0.337 e. The summed E-state index contributed by atoms with van der Waals surface area (Å²) < 4.78 is 28.6. The molecule has 0 aliphatic heterocycles. The first-order valence-corrected chi connectivity index (χ1v) is 8.98. The summed E-state index contributed by atoms with van der Waals surface area (Å²) in [6.45, 7) is 0. The monoisotopic (exact) mass is 416 g/mol. The van der Waals surface area contributed by atoms with Crippen LogP contribution in [0.2, 0.25) is 0 Å². The number of hydrogen-bond donors (Lipinski definition) is 0. The third kappa shape index (κ3) is 3.62. The van der Waals surface area contributed by atoms with Crippen molar-refractivity contribution in [2.45, 2.75) is 4.90 Å². The fraction of sp³-hybridized carbons (Fsp3) is 0.133. The van der Waals surface area contributed by atoms with E-state index >= 15 is 0 Å². The van der Waals surface area contributed by atoms with Crippen molar-refractivity contribution in [1.29, 1.82) is 0 Å². The molecule has 0 bridgehead atoms. The second-order valence-electron chi connectivity index (χ2n) is 4.48. The number of benzene rings is 2. The van der Waals surface area contributed by atoms with E-state index in [0.717, 1.165) is 14.7 Å². The van der Waals surface area contributed by atoms with Crippen LogP contribution >= 0.6 is 22.6 Å². The Morgan fingerprint density at radius 3 is 2.24 bits per heavy atom. The number of carbonyl (C=O) groups excluding carboxylic acids is 1. The van der Waals surface area contributed by atoms with Gasteiger partial charge in [0.1, 0.15) is 0 Å². The lowest BCUT2D eigenvalue weighted by molar-refractivity contribution is 0.0600. The topological polar surface area (TPSA) is 60.4 Å². The van der Waals surface area contributed by atoms with Gasteiger partial charge in [0.05, 0.1) is 17.6 Å². The van der Waals surface area contributed by atoms with E-state index in [1.807, 2.05) is 6.07 Å².